The molecule has 4 rings (SSSR count). The zero-order valence-electron chi connectivity index (χ0n) is 16.2. The fourth-order valence-electron chi connectivity index (χ4n) is 4.03. The van der Waals surface area contributed by atoms with Gasteiger partial charge in [0.05, 0.1) is 12.0 Å². The number of benzene rings is 1. The van der Waals surface area contributed by atoms with Crippen molar-refractivity contribution in [2.75, 3.05) is 6.54 Å². The fourth-order valence-corrected chi connectivity index (χ4v) is 4.03. The minimum absolute atomic E-state index is 0.0229. The first-order valence-corrected chi connectivity index (χ1v) is 9.62. The van der Waals surface area contributed by atoms with E-state index in [0.717, 1.165) is 48.6 Å². The number of aryl methyl sites for hydroxylation is 2. The number of halogens is 1. The van der Waals surface area contributed by atoms with Crippen LogP contribution in [0.4, 0.5) is 4.39 Å². The lowest BCUT2D eigenvalue weighted by Crippen LogP contribution is -2.37. The Labute approximate surface area is 159 Å². The standard InChI is InChI=1S/C21H26FN5/c1-4-9-26-11-8-23-21(26)20-19-17(24-13-25-19)7-10-27(20)12-16-6-5-14(2)18(22)15(16)3/h5-6,8,11,13,20H,4,7,9-10,12H2,1-3H3,(H,24,25)/t20-/m1/s1. The third-order valence-corrected chi connectivity index (χ3v) is 5.55. The summed E-state index contributed by atoms with van der Waals surface area (Å²) in [6, 6.07) is 3.89. The van der Waals surface area contributed by atoms with Crippen LogP contribution in [0.15, 0.2) is 30.9 Å². The summed E-state index contributed by atoms with van der Waals surface area (Å²) < 4.78 is 16.6. The molecule has 0 unspecified atom stereocenters. The summed E-state index contributed by atoms with van der Waals surface area (Å²) in [5.74, 6) is 0.907. The number of aromatic nitrogens is 4. The van der Waals surface area contributed by atoms with Crippen molar-refractivity contribution in [3.63, 3.8) is 0 Å². The van der Waals surface area contributed by atoms with Gasteiger partial charge in [-0.15, -0.1) is 0 Å². The third-order valence-electron chi connectivity index (χ3n) is 5.55. The van der Waals surface area contributed by atoms with Crippen LogP contribution in [0, 0.1) is 19.7 Å². The van der Waals surface area contributed by atoms with Crippen LogP contribution >= 0.6 is 0 Å². The largest absolute Gasteiger partial charge is 0.348 e. The number of imidazole rings is 2. The molecule has 1 aliphatic heterocycles. The number of hydrogen-bond donors (Lipinski definition) is 1. The lowest BCUT2D eigenvalue weighted by Gasteiger charge is -2.35. The number of rotatable bonds is 5. The Morgan fingerprint density at radius 1 is 1.26 bits per heavy atom. The van der Waals surface area contributed by atoms with E-state index in [1.807, 2.05) is 38.4 Å². The second-order valence-corrected chi connectivity index (χ2v) is 7.35. The van der Waals surface area contributed by atoms with Crippen LogP contribution in [0.25, 0.3) is 0 Å². The van der Waals surface area contributed by atoms with Gasteiger partial charge in [-0.05, 0) is 37.0 Å². The minimum atomic E-state index is -0.103. The molecular formula is C21H26FN5. The van der Waals surface area contributed by atoms with Crippen molar-refractivity contribution in [3.05, 3.63) is 70.6 Å². The van der Waals surface area contributed by atoms with Gasteiger partial charge in [0, 0.05) is 44.1 Å². The van der Waals surface area contributed by atoms with Crippen molar-refractivity contribution in [2.45, 2.75) is 52.7 Å². The second-order valence-electron chi connectivity index (χ2n) is 7.35. The Morgan fingerprint density at radius 3 is 2.93 bits per heavy atom. The molecule has 3 aromatic rings. The van der Waals surface area contributed by atoms with Gasteiger partial charge in [-0.2, -0.15) is 0 Å². The van der Waals surface area contributed by atoms with Crippen molar-refractivity contribution in [2.24, 2.45) is 0 Å². The van der Waals surface area contributed by atoms with Crippen molar-refractivity contribution in [1.82, 2.24) is 24.4 Å². The van der Waals surface area contributed by atoms with Crippen molar-refractivity contribution >= 4 is 0 Å². The first-order chi connectivity index (χ1) is 13.1. The highest BCUT2D eigenvalue weighted by molar-refractivity contribution is 5.33. The summed E-state index contributed by atoms with van der Waals surface area (Å²) in [4.78, 5) is 14.9. The number of aromatic amines is 1. The van der Waals surface area contributed by atoms with Gasteiger partial charge in [0.15, 0.2) is 0 Å². The van der Waals surface area contributed by atoms with Gasteiger partial charge in [-0.1, -0.05) is 19.1 Å². The normalized spacial score (nSPS) is 17.3. The van der Waals surface area contributed by atoms with Gasteiger partial charge in [0.2, 0.25) is 0 Å². The highest BCUT2D eigenvalue weighted by atomic mass is 19.1. The van der Waals surface area contributed by atoms with Crippen molar-refractivity contribution < 1.29 is 4.39 Å². The highest BCUT2D eigenvalue weighted by Crippen LogP contribution is 2.34. The van der Waals surface area contributed by atoms with E-state index >= 15 is 0 Å². The zero-order valence-corrected chi connectivity index (χ0v) is 16.2. The Morgan fingerprint density at radius 2 is 2.11 bits per heavy atom. The van der Waals surface area contributed by atoms with Crippen LogP contribution in [0.2, 0.25) is 0 Å². The zero-order chi connectivity index (χ0) is 19.0. The molecule has 1 aromatic carbocycles. The summed E-state index contributed by atoms with van der Waals surface area (Å²) in [6.45, 7) is 8.34. The number of fused-ring (bicyclic) bond motifs is 1. The average molecular weight is 367 g/mol. The molecule has 27 heavy (non-hydrogen) atoms. The van der Waals surface area contributed by atoms with Gasteiger partial charge >= 0.3 is 0 Å². The summed E-state index contributed by atoms with van der Waals surface area (Å²) >= 11 is 0. The van der Waals surface area contributed by atoms with Crippen LogP contribution < -0.4 is 0 Å². The molecule has 0 saturated carbocycles. The van der Waals surface area contributed by atoms with E-state index in [1.54, 1.807) is 6.33 Å². The van der Waals surface area contributed by atoms with E-state index in [2.05, 4.69) is 31.3 Å². The SMILES string of the molecule is CCCn1ccnc1[C@H]1c2nc[nH]c2CCN1Cc1ccc(C)c(F)c1C. The lowest BCUT2D eigenvalue weighted by atomic mass is 9.98. The molecule has 0 aliphatic carbocycles. The van der Waals surface area contributed by atoms with E-state index in [0.29, 0.717) is 12.1 Å². The van der Waals surface area contributed by atoms with Gasteiger partial charge in [-0.3, -0.25) is 4.90 Å². The second kappa shape index (κ2) is 7.27. The molecule has 0 fully saturated rings. The van der Waals surface area contributed by atoms with Crippen molar-refractivity contribution in [3.8, 4) is 0 Å². The monoisotopic (exact) mass is 367 g/mol. The Bertz CT molecular complexity index is 942. The number of hydrogen-bond acceptors (Lipinski definition) is 3. The first-order valence-electron chi connectivity index (χ1n) is 9.62. The molecule has 1 atom stereocenters. The molecule has 0 amide bonds. The maximum absolute atomic E-state index is 14.4. The molecule has 0 spiro atoms. The van der Waals surface area contributed by atoms with Crippen LogP contribution in [0.3, 0.4) is 0 Å². The van der Waals surface area contributed by atoms with Crippen LogP contribution in [0.1, 0.15) is 53.3 Å². The first kappa shape index (κ1) is 17.9. The number of nitrogens with zero attached hydrogens (tertiary/aromatic N) is 4. The number of nitrogens with one attached hydrogen (secondary N) is 1. The summed E-state index contributed by atoms with van der Waals surface area (Å²) in [5, 5.41) is 0. The van der Waals surface area contributed by atoms with Gasteiger partial charge in [-0.25, -0.2) is 14.4 Å². The third kappa shape index (κ3) is 3.18. The molecule has 2 aromatic heterocycles. The van der Waals surface area contributed by atoms with Gasteiger partial charge in [0.1, 0.15) is 17.7 Å². The van der Waals surface area contributed by atoms with Gasteiger partial charge < -0.3 is 9.55 Å². The predicted octanol–water partition coefficient (Wildman–Crippen LogP) is 3.92. The summed E-state index contributed by atoms with van der Waals surface area (Å²) in [7, 11) is 0. The fraction of sp³-hybridized carbons (Fsp3) is 0.429. The molecular weight excluding hydrogens is 341 g/mol. The van der Waals surface area contributed by atoms with E-state index in [1.165, 1.54) is 5.69 Å². The molecule has 5 nitrogen and oxygen atoms in total. The Balaban J connectivity index is 1.73. The topological polar surface area (TPSA) is 49.7 Å². The van der Waals surface area contributed by atoms with E-state index in [9.17, 15) is 4.39 Å². The molecule has 0 radical (unpaired) electrons. The maximum Gasteiger partial charge on any atom is 0.132 e. The lowest BCUT2D eigenvalue weighted by molar-refractivity contribution is 0.189. The quantitative estimate of drug-likeness (QED) is 0.744. The smallest absolute Gasteiger partial charge is 0.132 e. The van der Waals surface area contributed by atoms with Crippen molar-refractivity contribution in [1.29, 1.82) is 0 Å². The van der Waals surface area contributed by atoms with Crippen LogP contribution in [-0.2, 0) is 19.5 Å². The molecule has 1 N–H and O–H groups in total. The summed E-state index contributed by atoms with van der Waals surface area (Å²) in [5.41, 5.74) is 4.66. The molecule has 0 saturated heterocycles. The van der Waals surface area contributed by atoms with E-state index < -0.39 is 0 Å². The molecule has 142 valence electrons. The maximum atomic E-state index is 14.4. The minimum Gasteiger partial charge on any atom is -0.348 e. The number of H-pyrrole nitrogens is 1. The Hall–Kier alpha value is -2.47. The van der Waals surface area contributed by atoms with E-state index in [4.69, 9.17) is 0 Å². The highest BCUT2D eigenvalue weighted by Gasteiger charge is 2.34. The molecule has 3 heterocycles. The van der Waals surface area contributed by atoms with E-state index in [-0.39, 0.29) is 11.9 Å². The van der Waals surface area contributed by atoms with Gasteiger partial charge in [0.25, 0.3) is 0 Å². The Kier molecular flexibility index (Phi) is 4.83. The van der Waals surface area contributed by atoms with Crippen LogP contribution in [-0.4, -0.2) is 31.0 Å². The van der Waals surface area contributed by atoms with Crippen LogP contribution in [0.5, 0.6) is 0 Å². The average Bonchev–Trinajstić information content (AvgIpc) is 3.32. The molecule has 6 heteroatoms. The molecule has 1 aliphatic rings. The summed E-state index contributed by atoms with van der Waals surface area (Å²) in [6.07, 6.45) is 7.63. The molecule has 0 bridgehead atoms. The predicted molar refractivity (Wildman–Crippen MR) is 103 cm³/mol.